The van der Waals surface area contributed by atoms with Gasteiger partial charge in [-0.1, -0.05) is 5.16 Å². The van der Waals surface area contributed by atoms with Crippen LogP contribution in [-0.2, 0) is 6.54 Å². The monoisotopic (exact) mass is 314 g/mol. The second-order valence-corrected chi connectivity index (χ2v) is 6.56. The van der Waals surface area contributed by atoms with Crippen molar-refractivity contribution in [3.05, 3.63) is 30.0 Å². The molecule has 4 rings (SSSR count). The minimum Gasteiger partial charge on any atom is -0.354 e. The van der Waals surface area contributed by atoms with Crippen LogP contribution in [0.4, 0.5) is 5.82 Å². The highest BCUT2D eigenvalue weighted by molar-refractivity contribution is 5.37. The van der Waals surface area contributed by atoms with Crippen LogP contribution >= 0.6 is 0 Å². The molecule has 1 saturated heterocycles. The van der Waals surface area contributed by atoms with E-state index in [0.29, 0.717) is 12.0 Å². The van der Waals surface area contributed by atoms with Crippen LogP contribution in [0.3, 0.4) is 0 Å². The van der Waals surface area contributed by atoms with E-state index in [1.807, 2.05) is 12.1 Å². The summed E-state index contributed by atoms with van der Waals surface area (Å²) < 4.78 is 5.35. The summed E-state index contributed by atoms with van der Waals surface area (Å²) in [4.78, 5) is 9.16. The van der Waals surface area contributed by atoms with Gasteiger partial charge >= 0.3 is 0 Å². The molecular weight excluding hydrogens is 292 g/mol. The van der Waals surface area contributed by atoms with Gasteiger partial charge in [0.05, 0.1) is 6.54 Å². The Hall–Kier alpha value is -2.02. The second kappa shape index (κ2) is 6.23. The summed E-state index contributed by atoms with van der Waals surface area (Å²) in [5, 5.41) is 12.3. The van der Waals surface area contributed by atoms with Gasteiger partial charge in [0.1, 0.15) is 0 Å². The minimum atomic E-state index is 0.466. The third kappa shape index (κ3) is 3.34. The molecule has 7 nitrogen and oxygen atoms in total. The average Bonchev–Trinajstić information content (AvgIpc) is 3.36. The van der Waals surface area contributed by atoms with Crippen LogP contribution in [0.5, 0.6) is 0 Å². The molecule has 122 valence electrons. The average molecular weight is 314 g/mol. The van der Waals surface area contributed by atoms with E-state index in [2.05, 4.69) is 37.2 Å². The Morgan fingerprint density at radius 2 is 2.26 bits per heavy atom. The normalized spacial score (nSPS) is 21.8. The molecule has 2 aromatic heterocycles. The van der Waals surface area contributed by atoms with Crippen LogP contribution in [0.25, 0.3) is 0 Å². The molecule has 0 amide bonds. The lowest BCUT2D eigenvalue weighted by molar-refractivity contribution is 0.200. The van der Waals surface area contributed by atoms with E-state index in [9.17, 15) is 0 Å². The maximum absolute atomic E-state index is 5.35. The second-order valence-electron chi connectivity index (χ2n) is 6.56. The fourth-order valence-corrected chi connectivity index (χ4v) is 3.16. The molecule has 0 radical (unpaired) electrons. The molecule has 23 heavy (non-hydrogen) atoms. The number of anilines is 1. The molecule has 2 aromatic rings. The molecule has 3 heterocycles. The zero-order valence-electron chi connectivity index (χ0n) is 13.4. The lowest BCUT2D eigenvalue weighted by atomic mass is 10.0. The molecule has 7 heteroatoms. The predicted molar refractivity (Wildman–Crippen MR) is 85.0 cm³/mol. The summed E-state index contributed by atoms with van der Waals surface area (Å²) in [7, 11) is 2.14. The molecule has 1 saturated carbocycles. The van der Waals surface area contributed by atoms with Crippen molar-refractivity contribution in [1.82, 2.24) is 25.2 Å². The summed E-state index contributed by atoms with van der Waals surface area (Å²) in [6.07, 6.45) is 6.43. The first-order chi connectivity index (χ1) is 11.3. The van der Waals surface area contributed by atoms with E-state index in [4.69, 9.17) is 4.52 Å². The van der Waals surface area contributed by atoms with Crippen LogP contribution in [0.15, 0.2) is 22.9 Å². The van der Waals surface area contributed by atoms with Crippen molar-refractivity contribution in [2.24, 2.45) is 0 Å². The van der Waals surface area contributed by atoms with Crippen LogP contribution in [-0.4, -0.2) is 51.4 Å². The summed E-state index contributed by atoms with van der Waals surface area (Å²) in [5.41, 5.74) is 0. The number of aromatic nitrogens is 4. The largest absolute Gasteiger partial charge is 0.354 e. The van der Waals surface area contributed by atoms with E-state index in [-0.39, 0.29) is 0 Å². The molecule has 1 aliphatic heterocycles. The molecular formula is C16H22N6O. The van der Waals surface area contributed by atoms with Gasteiger partial charge in [0.15, 0.2) is 11.6 Å². The molecule has 1 atom stereocenters. The molecule has 2 aliphatic rings. The SMILES string of the molecule is CN(Cc1noc(C2CC2)n1)[C@H]1CCCN(c2cccnn2)C1. The molecule has 0 unspecified atom stereocenters. The van der Waals surface area contributed by atoms with Gasteiger partial charge in [0, 0.05) is 31.2 Å². The van der Waals surface area contributed by atoms with Crippen LogP contribution < -0.4 is 4.90 Å². The van der Waals surface area contributed by atoms with Gasteiger partial charge in [-0.3, -0.25) is 4.90 Å². The first kappa shape index (κ1) is 14.6. The van der Waals surface area contributed by atoms with Crippen molar-refractivity contribution in [3.8, 4) is 0 Å². The molecule has 1 aliphatic carbocycles. The lowest BCUT2D eigenvalue weighted by Gasteiger charge is -2.37. The number of rotatable bonds is 5. The zero-order chi connectivity index (χ0) is 15.6. The third-order valence-corrected chi connectivity index (χ3v) is 4.70. The quantitative estimate of drug-likeness (QED) is 0.834. The Kier molecular flexibility index (Phi) is 3.95. The van der Waals surface area contributed by atoms with Gasteiger partial charge < -0.3 is 9.42 Å². The molecule has 0 aromatic carbocycles. The van der Waals surface area contributed by atoms with Crippen molar-refractivity contribution in [2.75, 3.05) is 25.0 Å². The van der Waals surface area contributed by atoms with Gasteiger partial charge in [0.2, 0.25) is 5.89 Å². The highest BCUT2D eigenvalue weighted by atomic mass is 16.5. The highest BCUT2D eigenvalue weighted by Crippen LogP contribution is 2.38. The molecule has 0 bridgehead atoms. The number of likely N-dealkylation sites (N-methyl/N-ethyl adjacent to an activating group) is 1. The van der Waals surface area contributed by atoms with Gasteiger partial charge in [-0.2, -0.15) is 10.1 Å². The lowest BCUT2D eigenvalue weighted by Crippen LogP contribution is -2.46. The topological polar surface area (TPSA) is 71.2 Å². The fourth-order valence-electron chi connectivity index (χ4n) is 3.16. The Morgan fingerprint density at radius 3 is 3.04 bits per heavy atom. The van der Waals surface area contributed by atoms with Gasteiger partial charge in [-0.25, -0.2) is 0 Å². The van der Waals surface area contributed by atoms with E-state index in [1.165, 1.54) is 19.3 Å². The number of hydrogen-bond acceptors (Lipinski definition) is 7. The van der Waals surface area contributed by atoms with Crippen molar-refractivity contribution in [2.45, 2.75) is 44.2 Å². The van der Waals surface area contributed by atoms with Gasteiger partial charge in [-0.05, 0) is 44.9 Å². The van der Waals surface area contributed by atoms with Crippen LogP contribution in [0, 0.1) is 0 Å². The van der Waals surface area contributed by atoms with Crippen molar-refractivity contribution >= 4 is 5.82 Å². The van der Waals surface area contributed by atoms with Crippen molar-refractivity contribution in [1.29, 1.82) is 0 Å². The zero-order valence-corrected chi connectivity index (χ0v) is 13.4. The Balaban J connectivity index is 1.38. The van der Waals surface area contributed by atoms with E-state index in [1.54, 1.807) is 6.20 Å². The number of piperidine rings is 1. The summed E-state index contributed by atoms with van der Waals surface area (Å²) in [5.74, 6) is 3.09. The van der Waals surface area contributed by atoms with Crippen LogP contribution in [0.1, 0.15) is 43.3 Å². The summed E-state index contributed by atoms with van der Waals surface area (Å²) in [6.45, 7) is 2.73. The van der Waals surface area contributed by atoms with E-state index in [0.717, 1.165) is 43.6 Å². The number of nitrogens with zero attached hydrogens (tertiary/aromatic N) is 6. The molecule has 2 fully saturated rings. The first-order valence-electron chi connectivity index (χ1n) is 8.35. The maximum atomic E-state index is 5.35. The maximum Gasteiger partial charge on any atom is 0.229 e. The fraction of sp³-hybridized carbons (Fsp3) is 0.625. The number of hydrogen-bond donors (Lipinski definition) is 0. The van der Waals surface area contributed by atoms with Crippen molar-refractivity contribution < 1.29 is 4.52 Å². The van der Waals surface area contributed by atoms with E-state index >= 15 is 0 Å². The first-order valence-corrected chi connectivity index (χ1v) is 8.35. The molecule has 0 N–H and O–H groups in total. The minimum absolute atomic E-state index is 0.466. The van der Waals surface area contributed by atoms with Crippen molar-refractivity contribution in [3.63, 3.8) is 0 Å². The Morgan fingerprint density at radius 1 is 1.35 bits per heavy atom. The van der Waals surface area contributed by atoms with Gasteiger partial charge in [0.25, 0.3) is 0 Å². The third-order valence-electron chi connectivity index (χ3n) is 4.70. The highest BCUT2D eigenvalue weighted by Gasteiger charge is 2.30. The smallest absolute Gasteiger partial charge is 0.229 e. The van der Waals surface area contributed by atoms with Crippen LogP contribution in [0.2, 0.25) is 0 Å². The Labute approximate surface area is 135 Å². The van der Waals surface area contributed by atoms with Gasteiger partial charge in [-0.15, -0.1) is 5.10 Å². The predicted octanol–water partition coefficient (Wildman–Crippen LogP) is 1.84. The Bertz CT molecular complexity index is 641. The standard InChI is InChI=1S/C16H22N6O/c1-21(11-14-18-16(23-20-14)12-6-7-12)13-4-3-9-22(10-13)15-5-2-8-17-19-15/h2,5,8,12-13H,3-4,6-7,9-11H2,1H3/t13-/m0/s1. The van der Waals surface area contributed by atoms with E-state index < -0.39 is 0 Å². The summed E-state index contributed by atoms with van der Waals surface area (Å²) in [6, 6.07) is 4.43. The molecule has 0 spiro atoms. The summed E-state index contributed by atoms with van der Waals surface area (Å²) >= 11 is 0.